The fourth-order valence-corrected chi connectivity index (χ4v) is 2.80. The van der Waals surface area contributed by atoms with E-state index in [2.05, 4.69) is 10.5 Å². The third kappa shape index (κ3) is 3.91. The van der Waals surface area contributed by atoms with Gasteiger partial charge in [-0.1, -0.05) is 53.7 Å². The van der Waals surface area contributed by atoms with Gasteiger partial charge in [0.1, 0.15) is 0 Å². The van der Waals surface area contributed by atoms with Crippen molar-refractivity contribution in [1.82, 2.24) is 9.72 Å². The lowest BCUT2D eigenvalue weighted by Crippen LogP contribution is -2.18. The monoisotopic (exact) mass is 371 g/mol. The number of nitrogens with one attached hydrogen (secondary N) is 1. The molecular weight excluding hydrogens is 354 g/mol. The SMILES string of the molecule is O=C(Nc1ccc(Cn2ccccc2=O)cc1)c1cc(-c2ccccc2)on1. The minimum atomic E-state index is -0.349. The Morgan fingerprint density at radius 2 is 1.71 bits per heavy atom. The largest absolute Gasteiger partial charge is 0.355 e. The summed E-state index contributed by atoms with van der Waals surface area (Å²) < 4.78 is 6.88. The molecule has 1 N–H and O–H groups in total. The summed E-state index contributed by atoms with van der Waals surface area (Å²) in [4.78, 5) is 24.2. The van der Waals surface area contributed by atoms with Gasteiger partial charge in [-0.25, -0.2) is 0 Å². The lowest BCUT2D eigenvalue weighted by atomic mass is 10.1. The van der Waals surface area contributed by atoms with Gasteiger partial charge in [0.15, 0.2) is 11.5 Å². The first-order chi connectivity index (χ1) is 13.7. The summed E-state index contributed by atoms with van der Waals surface area (Å²) in [5.74, 6) is 0.187. The molecule has 4 rings (SSSR count). The van der Waals surface area contributed by atoms with Gasteiger partial charge in [-0.3, -0.25) is 9.59 Å². The van der Waals surface area contributed by atoms with Gasteiger partial charge >= 0.3 is 0 Å². The van der Waals surface area contributed by atoms with E-state index >= 15 is 0 Å². The van der Waals surface area contributed by atoms with Crippen LogP contribution in [0.15, 0.2) is 94.4 Å². The third-order valence-electron chi connectivity index (χ3n) is 4.26. The predicted molar refractivity (Wildman–Crippen MR) is 106 cm³/mol. The first kappa shape index (κ1) is 17.5. The Morgan fingerprint density at radius 3 is 2.46 bits per heavy atom. The molecule has 2 aromatic carbocycles. The molecule has 4 aromatic rings. The number of carbonyl (C=O) groups excluding carboxylic acids is 1. The highest BCUT2D eigenvalue weighted by molar-refractivity contribution is 6.03. The van der Waals surface area contributed by atoms with E-state index in [1.54, 1.807) is 35.0 Å². The van der Waals surface area contributed by atoms with Gasteiger partial charge in [0.25, 0.3) is 11.5 Å². The quantitative estimate of drug-likeness (QED) is 0.579. The second-order valence-corrected chi connectivity index (χ2v) is 6.26. The van der Waals surface area contributed by atoms with Crippen molar-refractivity contribution in [1.29, 1.82) is 0 Å². The Morgan fingerprint density at radius 1 is 0.964 bits per heavy atom. The van der Waals surface area contributed by atoms with E-state index in [-0.39, 0.29) is 17.2 Å². The maximum Gasteiger partial charge on any atom is 0.277 e. The van der Waals surface area contributed by atoms with Gasteiger partial charge in [0.2, 0.25) is 0 Å². The van der Waals surface area contributed by atoms with Crippen LogP contribution in [0.25, 0.3) is 11.3 Å². The maximum atomic E-state index is 12.4. The molecule has 0 aliphatic carbocycles. The molecule has 0 saturated heterocycles. The number of amides is 1. The molecule has 2 heterocycles. The van der Waals surface area contributed by atoms with Crippen LogP contribution in [0.3, 0.4) is 0 Å². The highest BCUT2D eigenvalue weighted by Gasteiger charge is 2.13. The van der Waals surface area contributed by atoms with Crippen molar-refractivity contribution in [3.8, 4) is 11.3 Å². The van der Waals surface area contributed by atoms with Crippen LogP contribution in [0.1, 0.15) is 16.1 Å². The zero-order valence-electron chi connectivity index (χ0n) is 14.9. The summed E-state index contributed by atoms with van der Waals surface area (Å²) in [6.07, 6.45) is 1.74. The zero-order chi connectivity index (χ0) is 19.3. The average molecular weight is 371 g/mol. The molecule has 0 unspecified atom stereocenters. The van der Waals surface area contributed by atoms with Gasteiger partial charge < -0.3 is 14.4 Å². The van der Waals surface area contributed by atoms with Crippen LogP contribution in [0.4, 0.5) is 5.69 Å². The van der Waals surface area contributed by atoms with Crippen LogP contribution in [0, 0.1) is 0 Å². The summed E-state index contributed by atoms with van der Waals surface area (Å²) in [5, 5.41) is 6.64. The third-order valence-corrected chi connectivity index (χ3v) is 4.26. The summed E-state index contributed by atoms with van der Waals surface area (Å²) in [7, 11) is 0. The van der Waals surface area contributed by atoms with Crippen LogP contribution in [-0.2, 0) is 6.54 Å². The fraction of sp³-hybridized carbons (Fsp3) is 0.0455. The van der Waals surface area contributed by atoms with Gasteiger partial charge in [0, 0.05) is 29.6 Å². The van der Waals surface area contributed by atoms with Gasteiger partial charge in [-0.2, -0.15) is 0 Å². The second kappa shape index (κ2) is 7.75. The van der Waals surface area contributed by atoms with Crippen molar-refractivity contribution < 1.29 is 9.32 Å². The molecule has 0 spiro atoms. The molecule has 0 atom stereocenters. The summed E-state index contributed by atoms with van der Waals surface area (Å²) in [6.45, 7) is 0.470. The van der Waals surface area contributed by atoms with Crippen LogP contribution in [0.5, 0.6) is 0 Å². The lowest BCUT2D eigenvalue weighted by molar-refractivity contribution is 0.101. The highest BCUT2D eigenvalue weighted by atomic mass is 16.5. The summed E-state index contributed by atoms with van der Waals surface area (Å²) >= 11 is 0. The molecular formula is C22H17N3O3. The van der Waals surface area contributed by atoms with E-state index in [4.69, 9.17) is 4.52 Å². The van der Waals surface area contributed by atoms with E-state index in [1.165, 1.54) is 6.07 Å². The molecule has 0 radical (unpaired) electrons. The van der Waals surface area contributed by atoms with E-state index in [0.29, 0.717) is 18.0 Å². The van der Waals surface area contributed by atoms with E-state index < -0.39 is 0 Å². The van der Waals surface area contributed by atoms with Gasteiger partial charge in [0.05, 0.1) is 6.54 Å². The van der Waals surface area contributed by atoms with Gasteiger partial charge in [-0.15, -0.1) is 0 Å². The van der Waals surface area contributed by atoms with E-state index in [0.717, 1.165) is 11.1 Å². The smallest absolute Gasteiger partial charge is 0.277 e. The number of rotatable bonds is 5. The number of benzene rings is 2. The summed E-state index contributed by atoms with van der Waals surface area (Å²) in [5.41, 5.74) is 2.60. The molecule has 2 aromatic heterocycles. The molecule has 138 valence electrons. The van der Waals surface area contributed by atoms with Crippen LogP contribution in [0.2, 0.25) is 0 Å². The predicted octanol–water partition coefficient (Wildman–Crippen LogP) is 3.80. The summed E-state index contributed by atoms with van der Waals surface area (Å²) in [6, 6.07) is 23.5. The Bertz CT molecular complexity index is 1150. The van der Waals surface area contributed by atoms with Crippen molar-refractivity contribution >= 4 is 11.6 Å². The number of hydrogen-bond donors (Lipinski definition) is 1. The standard InChI is InChI=1S/C22H17N3O3/c26-21-8-4-5-13-25(21)15-16-9-11-18(12-10-16)23-22(27)19-14-20(28-24-19)17-6-2-1-3-7-17/h1-14H,15H2,(H,23,27). The van der Waals surface area contributed by atoms with Crippen molar-refractivity contribution in [2.24, 2.45) is 0 Å². The van der Waals surface area contributed by atoms with Crippen molar-refractivity contribution in [3.05, 3.63) is 107 Å². The Labute approximate surface area is 161 Å². The molecule has 0 bridgehead atoms. The van der Waals surface area contributed by atoms with Crippen molar-refractivity contribution in [2.45, 2.75) is 6.54 Å². The zero-order valence-corrected chi connectivity index (χ0v) is 14.9. The normalized spacial score (nSPS) is 10.6. The number of carbonyl (C=O) groups is 1. The van der Waals surface area contributed by atoms with Crippen molar-refractivity contribution in [2.75, 3.05) is 5.32 Å². The number of anilines is 1. The molecule has 0 aliphatic heterocycles. The molecule has 6 nitrogen and oxygen atoms in total. The second-order valence-electron chi connectivity index (χ2n) is 6.26. The topological polar surface area (TPSA) is 77.1 Å². The maximum absolute atomic E-state index is 12.4. The van der Waals surface area contributed by atoms with Gasteiger partial charge in [-0.05, 0) is 23.8 Å². The number of pyridine rings is 1. The molecule has 0 fully saturated rings. The number of aromatic nitrogens is 2. The molecule has 1 amide bonds. The molecule has 6 heteroatoms. The van der Waals surface area contributed by atoms with Crippen LogP contribution < -0.4 is 10.9 Å². The Balaban J connectivity index is 1.43. The lowest BCUT2D eigenvalue weighted by Gasteiger charge is -2.07. The van der Waals surface area contributed by atoms with Crippen molar-refractivity contribution in [3.63, 3.8) is 0 Å². The average Bonchev–Trinajstić information content (AvgIpc) is 3.22. The molecule has 0 aliphatic rings. The minimum Gasteiger partial charge on any atom is -0.355 e. The number of nitrogens with zero attached hydrogens (tertiary/aromatic N) is 2. The Hall–Kier alpha value is -3.93. The highest BCUT2D eigenvalue weighted by Crippen LogP contribution is 2.20. The van der Waals surface area contributed by atoms with E-state index in [9.17, 15) is 9.59 Å². The fourth-order valence-electron chi connectivity index (χ4n) is 2.80. The Kier molecular flexibility index (Phi) is 4.84. The first-order valence-corrected chi connectivity index (χ1v) is 8.77. The molecule has 28 heavy (non-hydrogen) atoms. The first-order valence-electron chi connectivity index (χ1n) is 8.77. The van der Waals surface area contributed by atoms with E-state index in [1.807, 2.05) is 48.5 Å². The van der Waals surface area contributed by atoms with Crippen LogP contribution >= 0.6 is 0 Å². The molecule has 0 saturated carbocycles. The number of hydrogen-bond acceptors (Lipinski definition) is 4. The van der Waals surface area contributed by atoms with Crippen LogP contribution in [-0.4, -0.2) is 15.6 Å². The minimum absolute atomic E-state index is 0.0554.